The molecule has 0 radical (unpaired) electrons. The molecule has 0 aromatic heterocycles. The van der Waals surface area contributed by atoms with Crippen LogP contribution in [-0.4, -0.2) is 11.1 Å². The van der Waals surface area contributed by atoms with Gasteiger partial charge in [-0.2, -0.15) is 0 Å². The molecule has 0 bridgehead atoms. The second kappa shape index (κ2) is 3.16. The summed E-state index contributed by atoms with van der Waals surface area (Å²) in [5.41, 5.74) is 4.30. The van der Waals surface area contributed by atoms with Crippen molar-refractivity contribution in [1.82, 2.24) is 10.8 Å². The van der Waals surface area contributed by atoms with E-state index in [1.807, 2.05) is 12.1 Å². The van der Waals surface area contributed by atoms with Gasteiger partial charge in [-0.15, -0.1) is 0 Å². The molecule has 0 unspecified atom stereocenters. The van der Waals surface area contributed by atoms with E-state index in [2.05, 4.69) is 5.32 Å². The molecule has 1 aromatic carbocycles. The number of carbonyl (C=O) groups excluding carboxylic acids is 1. The van der Waals surface area contributed by atoms with Crippen LogP contribution >= 0.6 is 0 Å². The van der Waals surface area contributed by atoms with E-state index in [4.69, 9.17) is 5.21 Å². The van der Waals surface area contributed by atoms with Crippen LogP contribution in [0.3, 0.4) is 0 Å². The number of benzene rings is 1. The quantitative estimate of drug-likeness (QED) is 0.431. The molecule has 1 aromatic rings. The molecule has 1 heterocycles. The Labute approximate surface area is 75.5 Å². The van der Waals surface area contributed by atoms with Crippen molar-refractivity contribution < 1.29 is 10.0 Å². The van der Waals surface area contributed by atoms with E-state index in [9.17, 15) is 4.79 Å². The number of nitrogens with one attached hydrogen (secondary N) is 2. The van der Waals surface area contributed by atoms with Gasteiger partial charge < -0.3 is 5.32 Å². The minimum absolute atomic E-state index is 0.444. The zero-order valence-electron chi connectivity index (χ0n) is 7.00. The Kier molecular flexibility index (Phi) is 2.00. The molecule has 0 fully saturated rings. The van der Waals surface area contributed by atoms with Crippen LogP contribution in [0.1, 0.15) is 21.5 Å². The van der Waals surface area contributed by atoms with Gasteiger partial charge in [-0.05, 0) is 17.2 Å². The Balaban J connectivity index is 2.47. The lowest BCUT2D eigenvalue weighted by atomic mass is 10.0. The molecule has 1 aliphatic rings. The fourth-order valence-electron chi connectivity index (χ4n) is 1.60. The van der Waals surface area contributed by atoms with Gasteiger partial charge in [0.25, 0.3) is 5.91 Å². The molecule has 4 nitrogen and oxygen atoms in total. The molecular weight excluding hydrogens is 168 g/mol. The minimum Gasteiger partial charge on any atom is -0.309 e. The molecule has 2 rings (SSSR count). The predicted octanol–water partition coefficient (Wildman–Crippen LogP) is 0.409. The van der Waals surface area contributed by atoms with Gasteiger partial charge in [-0.25, -0.2) is 5.48 Å². The van der Waals surface area contributed by atoms with Crippen molar-refractivity contribution in [2.45, 2.75) is 13.1 Å². The van der Waals surface area contributed by atoms with Crippen molar-refractivity contribution in [3.63, 3.8) is 0 Å². The lowest BCUT2D eigenvalue weighted by molar-refractivity contribution is 0.0705. The third-order valence-corrected chi connectivity index (χ3v) is 2.24. The van der Waals surface area contributed by atoms with E-state index in [0.29, 0.717) is 12.1 Å². The van der Waals surface area contributed by atoms with Crippen LogP contribution in [0.5, 0.6) is 0 Å². The summed E-state index contributed by atoms with van der Waals surface area (Å²) in [7, 11) is 0. The fourth-order valence-corrected chi connectivity index (χ4v) is 1.60. The third-order valence-electron chi connectivity index (χ3n) is 2.24. The summed E-state index contributed by atoms with van der Waals surface area (Å²) in [5.74, 6) is -0.444. The van der Waals surface area contributed by atoms with Crippen LogP contribution in [-0.2, 0) is 13.1 Å². The van der Waals surface area contributed by atoms with Crippen molar-refractivity contribution in [3.8, 4) is 0 Å². The number of rotatable bonds is 1. The number of fused-ring (bicyclic) bond motifs is 1. The first-order chi connectivity index (χ1) is 6.33. The molecule has 13 heavy (non-hydrogen) atoms. The van der Waals surface area contributed by atoms with Crippen molar-refractivity contribution in [2.75, 3.05) is 0 Å². The zero-order valence-corrected chi connectivity index (χ0v) is 7.00. The molecule has 3 N–H and O–H groups in total. The minimum atomic E-state index is -0.444. The molecule has 0 spiro atoms. The van der Waals surface area contributed by atoms with Crippen LogP contribution in [0.25, 0.3) is 0 Å². The summed E-state index contributed by atoms with van der Waals surface area (Å²) in [5, 5.41) is 11.6. The van der Waals surface area contributed by atoms with Crippen molar-refractivity contribution in [1.29, 1.82) is 0 Å². The molecule has 68 valence electrons. The Morgan fingerprint density at radius 3 is 3.08 bits per heavy atom. The summed E-state index contributed by atoms with van der Waals surface area (Å²) in [6.45, 7) is 1.49. The van der Waals surface area contributed by atoms with Crippen LogP contribution in [0.15, 0.2) is 18.2 Å². The number of carbonyl (C=O) groups is 1. The first kappa shape index (κ1) is 8.22. The molecule has 4 heteroatoms. The molecule has 0 saturated heterocycles. The topological polar surface area (TPSA) is 61.4 Å². The SMILES string of the molecule is O=C(NO)c1cccc2c1CNC2. The van der Waals surface area contributed by atoms with E-state index in [1.165, 1.54) is 0 Å². The fraction of sp³-hybridized carbons (Fsp3) is 0.222. The smallest absolute Gasteiger partial charge is 0.274 e. The van der Waals surface area contributed by atoms with Gasteiger partial charge in [-0.1, -0.05) is 12.1 Å². The highest BCUT2D eigenvalue weighted by Gasteiger charge is 2.17. The molecule has 0 atom stereocenters. The molecule has 1 aliphatic heterocycles. The van der Waals surface area contributed by atoms with Gasteiger partial charge in [0.1, 0.15) is 0 Å². The highest BCUT2D eigenvalue weighted by atomic mass is 16.5. The normalized spacial score (nSPS) is 13.9. The maximum Gasteiger partial charge on any atom is 0.274 e. The standard InChI is InChI=1S/C9H10N2O2/c12-9(11-13)7-3-1-2-6-4-10-5-8(6)7/h1-3,10,13H,4-5H2,(H,11,12). The average Bonchev–Trinajstić information content (AvgIpc) is 2.63. The average molecular weight is 178 g/mol. The summed E-state index contributed by atoms with van der Waals surface area (Å²) in [6, 6.07) is 5.50. The number of amides is 1. The van der Waals surface area contributed by atoms with E-state index in [-0.39, 0.29) is 0 Å². The lowest BCUT2D eigenvalue weighted by Crippen LogP contribution is -2.20. The molecule has 0 aliphatic carbocycles. The highest BCUT2D eigenvalue weighted by molar-refractivity contribution is 5.95. The van der Waals surface area contributed by atoms with Gasteiger partial charge in [-0.3, -0.25) is 10.0 Å². The number of hydrogen-bond acceptors (Lipinski definition) is 3. The maximum atomic E-state index is 11.2. The van der Waals surface area contributed by atoms with Crippen LogP contribution in [0.4, 0.5) is 0 Å². The van der Waals surface area contributed by atoms with Crippen molar-refractivity contribution in [2.24, 2.45) is 0 Å². The first-order valence-corrected chi connectivity index (χ1v) is 4.09. The van der Waals surface area contributed by atoms with Crippen molar-refractivity contribution in [3.05, 3.63) is 34.9 Å². The van der Waals surface area contributed by atoms with Gasteiger partial charge >= 0.3 is 0 Å². The molecule has 1 amide bonds. The van der Waals surface area contributed by atoms with Crippen LogP contribution < -0.4 is 10.8 Å². The van der Waals surface area contributed by atoms with Crippen LogP contribution in [0, 0.1) is 0 Å². The second-order valence-corrected chi connectivity index (χ2v) is 2.99. The van der Waals surface area contributed by atoms with Gasteiger partial charge in [0.2, 0.25) is 0 Å². The van der Waals surface area contributed by atoms with E-state index < -0.39 is 5.91 Å². The zero-order chi connectivity index (χ0) is 9.26. The van der Waals surface area contributed by atoms with E-state index in [1.54, 1.807) is 11.5 Å². The summed E-state index contributed by atoms with van der Waals surface area (Å²) < 4.78 is 0. The van der Waals surface area contributed by atoms with Gasteiger partial charge in [0, 0.05) is 18.7 Å². The summed E-state index contributed by atoms with van der Waals surface area (Å²) in [4.78, 5) is 11.2. The predicted molar refractivity (Wildman–Crippen MR) is 46.2 cm³/mol. The van der Waals surface area contributed by atoms with E-state index >= 15 is 0 Å². The van der Waals surface area contributed by atoms with Crippen molar-refractivity contribution >= 4 is 5.91 Å². The maximum absolute atomic E-state index is 11.2. The Hall–Kier alpha value is -1.39. The second-order valence-electron chi connectivity index (χ2n) is 2.99. The summed E-state index contributed by atoms with van der Waals surface area (Å²) in [6.07, 6.45) is 0. The Morgan fingerprint density at radius 2 is 2.31 bits per heavy atom. The molecular formula is C9H10N2O2. The highest BCUT2D eigenvalue weighted by Crippen LogP contribution is 2.19. The Bertz CT molecular complexity index is 349. The number of hydroxylamine groups is 1. The summed E-state index contributed by atoms with van der Waals surface area (Å²) >= 11 is 0. The Morgan fingerprint density at radius 1 is 1.46 bits per heavy atom. The lowest BCUT2D eigenvalue weighted by Gasteiger charge is -2.04. The largest absolute Gasteiger partial charge is 0.309 e. The van der Waals surface area contributed by atoms with E-state index in [0.717, 1.165) is 17.7 Å². The molecule has 0 saturated carbocycles. The van der Waals surface area contributed by atoms with Crippen LogP contribution in [0.2, 0.25) is 0 Å². The van der Waals surface area contributed by atoms with Gasteiger partial charge in [0.15, 0.2) is 0 Å². The third kappa shape index (κ3) is 1.30. The first-order valence-electron chi connectivity index (χ1n) is 4.09. The monoisotopic (exact) mass is 178 g/mol. The number of hydrogen-bond donors (Lipinski definition) is 3. The van der Waals surface area contributed by atoms with Gasteiger partial charge in [0.05, 0.1) is 0 Å².